The zero-order chi connectivity index (χ0) is 20.2. The van der Waals surface area contributed by atoms with E-state index in [-0.39, 0.29) is 17.5 Å². The van der Waals surface area contributed by atoms with Crippen molar-refractivity contribution in [3.05, 3.63) is 94.8 Å². The van der Waals surface area contributed by atoms with Gasteiger partial charge in [-0.05, 0) is 53.9 Å². The van der Waals surface area contributed by atoms with Gasteiger partial charge in [0.25, 0.3) is 11.8 Å². The number of carbonyl (C=O) groups is 2. The normalized spacial score (nSPS) is 12.6. The Bertz CT molecular complexity index is 1120. The fraction of sp³-hybridized carbons (Fsp3) is 0.130. The minimum absolute atomic E-state index is 0.187. The molecule has 1 aliphatic rings. The summed E-state index contributed by atoms with van der Waals surface area (Å²) in [7, 11) is 0. The number of hydrogen-bond acceptors (Lipinski definition) is 4. The van der Waals surface area contributed by atoms with E-state index in [1.54, 1.807) is 35.2 Å². The maximum Gasteiger partial charge on any atom is 0.272 e. The Labute approximate surface area is 168 Å². The van der Waals surface area contributed by atoms with E-state index in [0.29, 0.717) is 29.9 Å². The van der Waals surface area contributed by atoms with Crippen LogP contribution >= 0.6 is 0 Å². The van der Waals surface area contributed by atoms with Crippen LogP contribution in [0.25, 0.3) is 0 Å². The van der Waals surface area contributed by atoms with E-state index in [4.69, 9.17) is 5.26 Å². The van der Waals surface area contributed by atoms with Gasteiger partial charge < -0.3 is 10.2 Å². The molecule has 0 radical (unpaired) electrons. The quantitative estimate of drug-likeness (QED) is 0.752. The maximum absolute atomic E-state index is 12.9. The second-order valence-electron chi connectivity index (χ2n) is 6.82. The molecule has 2 aromatic carbocycles. The van der Waals surface area contributed by atoms with Gasteiger partial charge in [0.1, 0.15) is 5.69 Å². The Morgan fingerprint density at radius 1 is 1.03 bits per heavy atom. The van der Waals surface area contributed by atoms with Gasteiger partial charge in [-0.25, -0.2) is 0 Å². The van der Waals surface area contributed by atoms with Crippen LogP contribution in [0.15, 0.2) is 66.9 Å². The van der Waals surface area contributed by atoms with Gasteiger partial charge in [0.05, 0.1) is 11.6 Å². The van der Waals surface area contributed by atoms with Gasteiger partial charge in [-0.2, -0.15) is 5.26 Å². The number of pyridine rings is 1. The second-order valence-corrected chi connectivity index (χ2v) is 6.82. The van der Waals surface area contributed by atoms with Crippen LogP contribution in [0.1, 0.15) is 37.5 Å². The van der Waals surface area contributed by atoms with Crippen molar-refractivity contribution in [3.8, 4) is 6.07 Å². The lowest BCUT2D eigenvalue weighted by atomic mass is 9.99. The number of nitrogens with zero attached hydrogens (tertiary/aromatic N) is 3. The Morgan fingerprint density at radius 3 is 2.55 bits per heavy atom. The van der Waals surface area contributed by atoms with Crippen molar-refractivity contribution in [2.45, 2.75) is 13.0 Å². The van der Waals surface area contributed by atoms with E-state index in [1.165, 1.54) is 17.8 Å². The molecule has 0 saturated carbocycles. The van der Waals surface area contributed by atoms with Crippen molar-refractivity contribution in [2.75, 3.05) is 11.9 Å². The number of aromatic nitrogens is 1. The van der Waals surface area contributed by atoms with Crippen molar-refractivity contribution in [1.29, 1.82) is 5.26 Å². The number of anilines is 1. The maximum atomic E-state index is 12.9. The van der Waals surface area contributed by atoms with E-state index in [0.717, 1.165) is 12.0 Å². The molecule has 0 bridgehead atoms. The van der Waals surface area contributed by atoms with Crippen LogP contribution in [-0.2, 0) is 13.0 Å². The highest BCUT2D eigenvalue weighted by Crippen LogP contribution is 2.20. The first-order valence-electron chi connectivity index (χ1n) is 9.27. The average molecular weight is 382 g/mol. The monoisotopic (exact) mass is 382 g/mol. The summed E-state index contributed by atoms with van der Waals surface area (Å²) >= 11 is 0. The number of carbonyl (C=O) groups excluding carboxylic acids is 2. The smallest absolute Gasteiger partial charge is 0.272 e. The summed E-state index contributed by atoms with van der Waals surface area (Å²) in [5.74, 6) is -0.525. The third-order valence-corrected chi connectivity index (χ3v) is 4.93. The largest absolute Gasteiger partial charge is 0.333 e. The van der Waals surface area contributed by atoms with Crippen LogP contribution in [-0.4, -0.2) is 28.2 Å². The number of rotatable bonds is 3. The zero-order valence-corrected chi connectivity index (χ0v) is 15.6. The first kappa shape index (κ1) is 18.4. The summed E-state index contributed by atoms with van der Waals surface area (Å²) in [6.45, 7) is 1.16. The van der Waals surface area contributed by atoms with Gasteiger partial charge in [-0.1, -0.05) is 24.3 Å². The molecule has 2 heterocycles. The highest BCUT2D eigenvalue weighted by atomic mass is 16.2. The molecule has 0 aliphatic carbocycles. The van der Waals surface area contributed by atoms with Crippen molar-refractivity contribution >= 4 is 17.5 Å². The SMILES string of the molecule is N#Cc1ccc(NC(=O)c2ccnc(C(=O)N3CCc4ccccc4C3)c2)cc1. The number of fused-ring (bicyclic) bond motifs is 1. The Kier molecular flexibility index (Phi) is 5.04. The molecule has 0 fully saturated rings. The molecule has 2 amide bonds. The third kappa shape index (κ3) is 3.99. The highest BCUT2D eigenvalue weighted by Gasteiger charge is 2.23. The van der Waals surface area contributed by atoms with Crippen molar-refractivity contribution < 1.29 is 9.59 Å². The Morgan fingerprint density at radius 2 is 1.79 bits per heavy atom. The summed E-state index contributed by atoms with van der Waals surface area (Å²) in [6.07, 6.45) is 2.28. The molecule has 1 aliphatic heterocycles. The molecule has 0 spiro atoms. The minimum Gasteiger partial charge on any atom is -0.333 e. The summed E-state index contributed by atoms with van der Waals surface area (Å²) in [6, 6.07) is 19.8. The number of nitrogens with one attached hydrogen (secondary N) is 1. The van der Waals surface area contributed by atoms with E-state index in [2.05, 4.69) is 16.4 Å². The summed E-state index contributed by atoms with van der Waals surface area (Å²) in [5.41, 5.74) is 4.10. The third-order valence-electron chi connectivity index (χ3n) is 4.93. The minimum atomic E-state index is -0.338. The molecule has 1 aromatic heterocycles. The topological polar surface area (TPSA) is 86.1 Å². The van der Waals surface area contributed by atoms with Gasteiger partial charge >= 0.3 is 0 Å². The lowest BCUT2D eigenvalue weighted by Gasteiger charge is -2.28. The predicted molar refractivity (Wildman–Crippen MR) is 108 cm³/mol. The van der Waals surface area contributed by atoms with Crippen LogP contribution in [0.3, 0.4) is 0 Å². The van der Waals surface area contributed by atoms with E-state index >= 15 is 0 Å². The molecule has 3 aromatic rings. The number of benzene rings is 2. The number of amides is 2. The first-order valence-corrected chi connectivity index (χ1v) is 9.27. The molecule has 4 rings (SSSR count). The highest BCUT2D eigenvalue weighted by molar-refractivity contribution is 6.05. The molecule has 6 nitrogen and oxygen atoms in total. The zero-order valence-electron chi connectivity index (χ0n) is 15.6. The molecule has 142 valence electrons. The molecular weight excluding hydrogens is 364 g/mol. The lowest BCUT2D eigenvalue weighted by Crippen LogP contribution is -2.36. The molecule has 0 atom stereocenters. The number of hydrogen-bond donors (Lipinski definition) is 1. The van der Waals surface area contributed by atoms with Crippen LogP contribution in [0.4, 0.5) is 5.69 Å². The standard InChI is InChI=1S/C23H18N4O2/c24-14-16-5-7-20(8-6-16)26-22(28)18-9-11-25-21(13-18)23(29)27-12-10-17-3-1-2-4-19(17)15-27/h1-9,11,13H,10,12,15H2,(H,26,28). The molecule has 0 unspecified atom stereocenters. The van der Waals surface area contributed by atoms with Gasteiger partial charge in [-0.15, -0.1) is 0 Å². The van der Waals surface area contributed by atoms with Crippen LogP contribution in [0, 0.1) is 11.3 Å². The summed E-state index contributed by atoms with van der Waals surface area (Å²) in [4.78, 5) is 31.4. The molecular formula is C23H18N4O2. The fourth-order valence-corrected chi connectivity index (χ4v) is 3.35. The van der Waals surface area contributed by atoms with Crippen LogP contribution < -0.4 is 5.32 Å². The Hall–Kier alpha value is -3.98. The molecule has 6 heteroatoms. The van der Waals surface area contributed by atoms with Gasteiger partial charge in [-0.3, -0.25) is 14.6 Å². The Balaban J connectivity index is 1.48. The first-order chi connectivity index (χ1) is 14.1. The lowest BCUT2D eigenvalue weighted by molar-refractivity contribution is 0.0728. The molecule has 1 N–H and O–H groups in total. The van der Waals surface area contributed by atoms with Gasteiger partial charge in [0, 0.05) is 30.5 Å². The van der Waals surface area contributed by atoms with Crippen molar-refractivity contribution in [1.82, 2.24) is 9.88 Å². The second kappa shape index (κ2) is 7.95. The van der Waals surface area contributed by atoms with E-state index in [1.807, 2.05) is 24.3 Å². The predicted octanol–water partition coefficient (Wildman–Crippen LogP) is 3.40. The van der Waals surface area contributed by atoms with Crippen LogP contribution in [0.5, 0.6) is 0 Å². The molecule has 29 heavy (non-hydrogen) atoms. The average Bonchev–Trinajstić information content (AvgIpc) is 2.79. The van der Waals surface area contributed by atoms with Gasteiger partial charge in [0.15, 0.2) is 0 Å². The van der Waals surface area contributed by atoms with E-state index < -0.39 is 0 Å². The van der Waals surface area contributed by atoms with Gasteiger partial charge in [0.2, 0.25) is 0 Å². The fourth-order valence-electron chi connectivity index (χ4n) is 3.35. The summed E-state index contributed by atoms with van der Waals surface area (Å²) < 4.78 is 0. The van der Waals surface area contributed by atoms with Crippen molar-refractivity contribution in [2.24, 2.45) is 0 Å². The summed E-state index contributed by atoms with van der Waals surface area (Å²) in [5, 5.41) is 11.6. The van der Waals surface area contributed by atoms with Crippen LogP contribution in [0.2, 0.25) is 0 Å². The van der Waals surface area contributed by atoms with E-state index in [9.17, 15) is 9.59 Å². The number of nitriles is 1. The van der Waals surface area contributed by atoms with Crippen molar-refractivity contribution in [3.63, 3.8) is 0 Å². The molecule has 0 saturated heterocycles.